The molecule has 0 fully saturated rings. The quantitative estimate of drug-likeness (QED) is 0.924. The Labute approximate surface area is 116 Å². The van der Waals surface area contributed by atoms with Crippen LogP contribution in [0.15, 0.2) is 30.5 Å². The zero-order chi connectivity index (χ0) is 14.7. The highest BCUT2D eigenvalue weighted by atomic mass is 16.5. The van der Waals surface area contributed by atoms with Gasteiger partial charge in [-0.15, -0.1) is 0 Å². The summed E-state index contributed by atoms with van der Waals surface area (Å²) in [5.74, 6) is -0.0891. The summed E-state index contributed by atoms with van der Waals surface area (Å²) in [5.41, 5.74) is 1.77. The van der Waals surface area contributed by atoms with Crippen LogP contribution in [0.5, 0.6) is 11.5 Å². The molecule has 1 N–H and O–H groups in total. The summed E-state index contributed by atoms with van der Waals surface area (Å²) in [6, 6.07) is 8.60. The number of nitriles is 1. The lowest BCUT2D eigenvalue weighted by molar-refractivity contribution is 0.0695. The molecule has 1 aromatic heterocycles. The Bertz CT molecular complexity index is 700. The molecule has 0 unspecified atom stereocenters. The van der Waals surface area contributed by atoms with Crippen molar-refractivity contribution >= 4 is 5.97 Å². The normalized spacial score (nSPS) is 9.85. The molecule has 0 saturated carbocycles. The topological polar surface area (TPSA) is 83.2 Å². The van der Waals surface area contributed by atoms with Crippen molar-refractivity contribution in [1.82, 2.24) is 4.98 Å². The van der Waals surface area contributed by atoms with Gasteiger partial charge in [0.1, 0.15) is 5.75 Å². The molecule has 0 amide bonds. The number of aromatic carboxylic acids is 1. The Morgan fingerprint density at radius 2 is 1.95 bits per heavy atom. The van der Waals surface area contributed by atoms with E-state index < -0.39 is 5.97 Å². The van der Waals surface area contributed by atoms with E-state index in [4.69, 9.17) is 15.1 Å². The van der Waals surface area contributed by atoms with E-state index >= 15 is 0 Å². The zero-order valence-electron chi connectivity index (χ0n) is 11.0. The SMILES string of the molecule is Cc1ncc(C(=O)O)c(C)c1Oc1ccc(C#N)cc1. The van der Waals surface area contributed by atoms with Gasteiger partial charge in [-0.1, -0.05) is 0 Å². The number of carboxylic acid groups (broad SMARTS) is 1. The molecule has 0 aliphatic rings. The van der Waals surface area contributed by atoms with Gasteiger partial charge < -0.3 is 9.84 Å². The Hall–Kier alpha value is -2.87. The number of rotatable bonds is 3. The molecule has 0 aliphatic heterocycles. The molecule has 100 valence electrons. The van der Waals surface area contributed by atoms with Crippen LogP contribution in [0, 0.1) is 25.2 Å². The van der Waals surface area contributed by atoms with E-state index in [-0.39, 0.29) is 5.56 Å². The monoisotopic (exact) mass is 268 g/mol. The number of nitrogens with zero attached hydrogens (tertiary/aromatic N) is 2. The van der Waals surface area contributed by atoms with E-state index in [1.165, 1.54) is 6.20 Å². The molecule has 1 aromatic carbocycles. The molecule has 1 heterocycles. The number of hydrogen-bond acceptors (Lipinski definition) is 4. The van der Waals surface area contributed by atoms with E-state index in [2.05, 4.69) is 4.98 Å². The number of carboxylic acids is 1. The highest BCUT2D eigenvalue weighted by Crippen LogP contribution is 2.29. The summed E-state index contributed by atoms with van der Waals surface area (Å²) in [7, 11) is 0. The third-order valence-electron chi connectivity index (χ3n) is 2.89. The third kappa shape index (κ3) is 2.59. The minimum absolute atomic E-state index is 0.110. The van der Waals surface area contributed by atoms with Crippen LogP contribution in [0.25, 0.3) is 0 Å². The molecule has 0 spiro atoms. The predicted octanol–water partition coefficient (Wildman–Crippen LogP) is 3.06. The fourth-order valence-corrected chi connectivity index (χ4v) is 1.79. The Morgan fingerprint density at radius 1 is 1.30 bits per heavy atom. The van der Waals surface area contributed by atoms with Crippen LogP contribution in [-0.4, -0.2) is 16.1 Å². The van der Waals surface area contributed by atoms with Crippen molar-refractivity contribution in [2.45, 2.75) is 13.8 Å². The van der Waals surface area contributed by atoms with Crippen LogP contribution in [0.3, 0.4) is 0 Å². The van der Waals surface area contributed by atoms with Crippen LogP contribution in [0.1, 0.15) is 27.2 Å². The van der Waals surface area contributed by atoms with Gasteiger partial charge in [-0.25, -0.2) is 4.79 Å². The largest absolute Gasteiger partial charge is 0.478 e. The fraction of sp³-hybridized carbons (Fsp3) is 0.133. The first-order chi connectivity index (χ1) is 9.52. The molecule has 5 nitrogen and oxygen atoms in total. The second kappa shape index (κ2) is 5.41. The summed E-state index contributed by atoms with van der Waals surface area (Å²) < 4.78 is 5.69. The lowest BCUT2D eigenvalue weighted by Crippen LogP contribution is -2.04. The van der Waals surface area contributed by atoms with Crippen LogP contribution in [0.4, 0.5) is 0 Å². The van der Waals surface area contributed by atoms with Gasteiger partial charge in [0.05, 0.1) is 22.9 Å². The molecule has 0 bridgehead atoms. The van der Waals surface area contributed by atoms with Gasteiger partial charge in [0.2, 0.25) is 0 Å². The molecule has 0 radical (unpaired) electrons. The average Bonchev–Trinajstić information content (AvgIpc) is 2.43. The van der Waals surface area contributed by atoms with E-state index in [1.54, 1.807) is 38.1 Å². The minimum atomic E-state index is -1.04. The maximum absolute atomic E-state index is 11.1. The molecule has 5 heteroatoms. The summed E-state index contributed by atoms with van der Waals surface area (Å²) in [6.45, 7) is 3.43. The van der Waals surface area contributed by atoms with Crippen molar-refractivity contribution in [1.29, 1.82) is 5.26 Å². The minimum Gasteiger partial charge on any atom is -0.478 e. The summed E-state index contributed by atoms with van der Waals surface area (Å²) in [4.78, 5) is 15.1. The van der Waals surface area contributed by atoms with Crippen LogP contribution in [-0.2, 0) is 0 Å². The molecular formula is C15H12N2O3. The maximum Gasteiger partial charge on any atom is 0.337 e. The van der Waals surface area contributed by atoms with Crippen molar-refractivity contribution in [3.05, 3.63) is 52.8 Å². The first-order valence-electron chi connectivity index (χ1n) is 5.90. The first-order valence-corrected chi connectivity index (χ1v) is 5.90. The molecule has 2 aromatic rings. The number of aromatic nitrogens is 1. The highest BCUT2D eigenvalue weighted by molar-refractivity contribution is 5.89. The molecule has 0 saturated heterocycles. The number of hydrogen-bond donors (Lipinski definition) is 1. The Balaban J connectivity index is 2.40. The number of ether oxygens (including phenoxy) is 1. The summed E-state index contributed by atoms with van der Waals surface area (Å²) >= 11 is 0. The molecule has 0 atom stereocenters. The third-order valence-corrected chi connectivity index (χ3v) is 2.89. The molecular weight excluding hydrogens is 256 g/mol. The van der Waals surface area contributed by atoms with Crippen molar-refractivity contribution < 1.29 is 14.6 Å². The van der Waals surface area contributed by atoms with Crippen LogP contribution < -0.4 is 4.74 Å². The van der Waals surface area contributed by atoms with Gasteiger partial charge in [0, 0.05) is 11.8 Å². The molecule has 0 aliphatic carbocycles. The van der Waals surface area contributed by atoms with E-state index in [0.29, 0.717) is 28.3 Å². The standard InChI is InChI=1S/C15H12N2O3/c1-9-13(15(18)19)8-17-10(2)14(9)20-12-5-3-11(7-16)4-6-12/h3-6,8H,1-2H3,(H,18,19). The molecule has 20 heavy (non-hydrogen) atoms. The summed E-state index contributed by atoms with van der Waals surface area (Å²) in [6.07, 6.45) is 1.32. The van der Waals surface area contributed by atoms with Gasteiger partial charge in [0.25, 0.3) is 0 Å². The number of benzene rings is 1. The van der Waals surface area contributed by atoms with Crippen molar-refractivity contribution in [3.63, 3.8) is 0 Å². The van der Waals surface area contributed by atoms with Gasteiger partial charge in [-0.3, -0.25) is 4.98 Å². The lowest BCUT2D eigenvalue weighted by Gasteiger charge is -2.12. The Kier molecular flexibility index (Phi) is 3.67. The van der Waals surface area contributed by atoms with Crippen LogP contribution >= 0.6 is 0 Å². The Morgan fingerprint density at radius 3 is 2.50 bits per heavy atom. The van der Waals surface area contributed by atoms with Crippen molar-refractivity contribution in [2.75, 3.05) is 0 Å². The van der Waals surface area contributed by atoms with E-state index in [0.717, 1.165) is 0 Å². The number of pyridine rings is 1. The second-order valence-electron chi connectivity index (χ2n) is 4.25. The maximum atomic E-state index is 11.1. The van der Waals surface area contributed by atoms with E-state index in [1.807, 2.05) is 6.07 Å². The van der Waals surface area contributed by atoms with Crippen LogP contribution in [0.2, 0.25) is 0 Å². The fourth-order valence-electron chi connectivity index (χ4n) is 1.79. The van der Waals surface area contributed by atoms with Crippen molar-refractivity contribution in [2.24, 2.45) is 0 Å². The number of carbonyl (C=O) groups is 1. The molecule has 2 rings (SSSR count). The average molecular weight is 268 g/mol. The van der Waals surface area contributed by atoms with Crippen molar-refractivity contribution in [3.8, 4) is 17.6 Å². The van der Waals surface area contributed by atoms with E-state index in [9.17, 15) is 4.79 Å². The highest BCUT2D eigenvalue weighted by Gasteiger charge is 2.15. The predicted molar refractivity (Wildman–Crippen MR) is 71.9 cm³/mol. The number of aryl methyl sites for hydroxylation is 1. The lowest BCUT2D eigenvalue weighted by atomic mass is 10.1. The summed E-state index contributed by atoms with van der Waals surface area (Å²) in [5, 5.41) is 17.8. The second-order valence-corrected chi connectivity index (χ2v) is 4.25. The van der Waals surface area contributed by atoms with Gasteiger partial charge in [0.15, 0.2) is 5.75 Å². The van der Waals surface area contributed by atoms with Gasteiger partial charge >= 0.3 is 5.97 Å². The first kappa shape index (κ1) is 13.6. The van der Waals surface area contributed by atoms with Gasteiger partial charge in [-0.05, 0) is 38.1 Å². The smallest absolute Gasteiger partial charge is 0.337 e. The van der Waals surface area contributed by atoms with Gasteiger partial charge in [-0.2, -0.15) is 5.26 Å². The zero-order valence-corrected chi connectivity index (χ0v) is 11.0.